The van der Waals surface area contributed by atoms with E-state index in [1.807, 2.05) is 0 Å². The SMILES string of the molecule is c1ccc(CC2CNC3(CCCC3)CN2Cc2ccccc2)cc1. The molecule has 2 nitrogen and oxygen atoms in total. The van der Waals surface area contributed by atoms with E-state index >= 15 is 0 Å². The molecule has 2 aromatic carbocycles. The van der Waals surface area contributed by atoms with Gasteiger partial charge in [-0.15, -0.1) is 0 Å². The summed E-state index contributed by atoms with van der Waals surface area (Å²) in [6, 6.07) is 22.5. The fourth-order valence-corrected chi connectivity index (χ4v) is 4.51. The van der Waals surface area contributed by atoms with Gasteiger partial charge < -0.3 is 5.32 Å². The molecule has 1 unspecified atom stereocenters. The lowest BCUT2D eigenvalue weighted by molar-refractivity contribution is 0.0738. The molecule has 2 aromatic rings. The standard InChI is InChI=1S/C22H28N2/c1-3-9-19(10-4-1)15-21-16-23-22(13-7-8-14-22)18-24(21)17-20-11-5-2-6-12-20/h1-6,9-12,21,23H,7-8,13-18H2. The molecule has 1 atom stereocenters. The predicted octanol–water partition coefficient (Wildman–Crippen LogP) is 4.02. The average molecular weight is 320 g/mol. The molecule has 1 saturated heterocycles. The van der Waals surface area contributed by atoms with Crippen molar-refractivity contribution in [2.45, 2.75) is 50.2 Å². The second kappa shape index (κ2) is 7.08. The van der Waals surface area contributed by atoms with Gasteiger partial charge in [-0.2, -0.15) is 0 Å². The normalized spacial score (nSPS) is 23.6. The molecule has 0 radical (unpaired) electrons. The first-order chi connectivity index (χ1) is 11.8. The Balaban J connectivity index is 1.52. The van der Waals surface area contributed by atoms with Gasteiger partial charge in [0.2, 0.25) is 0 Å². The zero-order chi connectivity index (χ0) is 16.2. The van der Waals surface area contributed by atoms with Crippen molar-refractivity contribution < 1.29 is 0 Å². The van der Waals surface area contributed by atoms with Crippen molar-refractivity contribution in [1.29, 1.82) is 0 Å². The van der Waals surface area contributed by atoms with Gasteiger partial charge in [0.1, 0.15) is 0 Å². The molecule has 1 aliphatic heterocycles. The van der Waals surface area contributed by atoms with E-state index in [-0.39, 0.29) is 0 Å². The van der Waals surface area contributed by atoms with E-state index in [1.54, 1.807) is 0 Å². The lowest BCUT2D eigenvalue weighted by Crippen LogP contribution is -2.63. The van der Waals surface area contributed by atoms with Gasteiger partial charge in [-0.25, -0.2) is 0 Å². The van der Waals surface area contributed by atoms with Crippen LogP contribution >= 0.6 is 0 Å². The van der Waals surface area contributed by atoms with Crippen LogP contribution in [0, 0.1) is 0 Å². The molecule has 0 aromatic heterocycles. The van der Waals surface area contributed by atoms with Crippen LogP contribution < -0.4 is 5.32 Å². The Kier molecular flexibility index (Phi) is 4.68. The summed E-state index contributed by atoms with van der Waals surface area (Å²) in [4.78, 5) is 2.74. The van der Waals surface area contributed by atoms with E-state index in [0.717, 1.165) is 19.5 Å². The van der Waals surface area contributed by atoms with Crippen LogP contribution in [0.1, 0.15) is 36.8 Å². The van der Waals surface area contributed by atoms with Crippen LogP contribution in [0.5, 0.6) is 0 Å². The minimum Gasteiger partial charge on any atom is -0.308 e. The largest absolute Gasteiger partial charge is 0.308 e. The first kappa shape index (κ1) is 15.9. The van der Waals surface area contributed by atoms with E-state index in [1.165, 1.54) is 43.4 Å². The van der Waals surface area contributed by atoms with Crippen molar-refractivity contribution in [1.82, 2.24) is 10.2 Å². The maximum Gasteiger partial charge on any atom is 0.0309 e. The molecule has 2 fully saturated rings. The average Bonchev–Trinajstić information content (AvgIpc) is 3.07. The highest BCUT2D eigenvalue weighted by atomic mass is 15.3. The first-order valence-electron chi connectivity index (χ1n) is 9.40. The predicted molar refractivity (Wildman–Crippen MR) is 100.0 cm³/mol. The third kappa shape index (κ3) is 3.55. The van der Waals surface area contributed by atoms with Crippen molar-refractivity contribution in [2.75, 3.05) is 13.1 Å². The van der Waals surface area contributed by atoms with Gasteiger partial charge in [0, 0.05) is 31.2 Å². The molecule has 2 heteroatoms. The van der Waals surface area contributed by atoms with Gasteiger partial charge in [-0.3, -0.25) is 4.90 Å². The Hall–Kier alpha value is -1.64. The molecule has 0 amide bonds. The minimum absolute atomic E-state index is 0.377. The number of hydrogen-bond donors (Lipinski definition) is 1. The highest BCUT2D eigenvalue weighted by Gasteiger charge is 2.40. The second-order valence-corrected chi connectivity index (χ2v) is 7.60. The quantitative estimate of drug-likeness (QED) is 0.915. The van der Waals surface area contributed by atoms with E-state index in [4.69, 9.17) is 0 Å². The summed E-state index contributed by atoms with van der Waals surface area (Å²) < 4.78 is 0. The van der Waals surface area contributed by atoms with Gasteiger partial charge in [0.25, 0.3) is 0 Å². The van der Waals surface area contributed by atoms with E-state index in [0.29, 0.717) is 11.6 Å². The molecule has 1 N–H and O–H groups in total. The van der Waals surface area contributed by atoms with Gasteiger partial charge in [-0.1, -0.05) is 73.5 Å². The lowest BCUT2D eigenvalue weighted by Gasteiger charge is -2.46. The molecule has 1 spiro atoms. The minimum atomic E-state index is 0.377. The molecule has 1 aliphatic carbocycles. The van der Waals surface area contributed by atoms with Crippen LogP contribution in [0.3, 0.4) is 0 Å². The fourth-order valence-electron chi connectivity index (χ4n) is 4.51. The Morgan fingerprint density at radius 1 is 0.875 bits per heavy atom. The van der Waals surface area contributed by atoms with Crippen molar-refractivity contribution in [3.05, 3.63) is 71.8 Å². The van der Waals surface area contributed by atoms with Crippen molar-refractivity contribution >= 4 is 0 Å². The fraction of sp³-hybridized carbons (Fsp3) is 0.455. The summed E-state index contributed by atoms with van der Waals surface area (Å²) in [7, 11) is 0. The zero-order valence-corrected chi connectivity index (χ0v) is 14.5. The van der Waals surface area contributed by atoms with Crippen molar-refractivity contribution in [2.24, 2.45) is 0 Å². The number of nitrogens with one attached hydrogen (secondary N) is 1. The van der Waals surface area contributed by atoms with E-state index in [9.17, 15) is 0 Å². The summed E-state index contributed by atoms with van der Waals surface area (Å²) in [6.07, 6.45) is 6.59. The molecule has 1 heterocycles. The number of rotatable bonds is 4. The van der Waals surface area contributed by atoms with Crippen LogP contribution in [-0.2, 0) is 13.0 Å². The number of nitrogens with zero attached hydrogens (tertiary/aromatic N) is 1. The Labute approximate surface area is 145 Å². The number of hydrogen-bond acceptors (Lipinski definition) is 2. The van der Waals surface area contributed by atoms with Crippen molar-refractivity contribution in [3.63, 3.8) is 0 Å². The summed E-state index contributed by atoms with van der Waals surface area (Å²) in [5, 5.41) is 3.94. The van der Waals surface area contributed by atoms with Crippen molar-refractivity contribution in [3.8, 4) is 0 Å². The molecular weight excluding hydrogens is 292 g/mol. The van der Waals surface area contributed by atoms with Gasteiger partial charge in [0.15, 0.2) is 0 Å². The first-order valence-corrected chi connectivity index (χ1v) is 9.40. The highest BCUT2D eigenvalue weighted by Crippen LogP contribution is 2.34. The third-order valence-corrected chi connectivity index (χ3v) is 5.84. The topological polar surface area (TPSA) is 15.3 Å². The smallest absolute Gasteiger partial charge is 0.0309 e. The van der Waals surface area contributed by atoms with Crippen LogP contribution in [0.25, 0.3) is 0 Å². The van der Waals surface area contributed by atoms with Crippen LogP contribution in [0.4, 0.5) is 0 Å². The Bertz CT molecular complexity index is 632. The zero-order valence-electron chi connectivity index (χ0n) is 14.5. The maximum absolute atomic E-state index is 3.94. The molecule has 24 heavy (non-hydrogen) atoms. The molecule has 2 aliphatic rings. The summed E-state index contributed by atoms with van der Waals surface area (Å²) in [5.41, 5.74) is 3.26. The summed E-state index contributed by atoms with van der Waals surface area (Å²) >= 11 is 0. The molecule has 126 valence electrons. The van der Waals surface area contributed by atoms with Gasteiger partial charge in [0.05, 0.1) is 0 Å². The Morgan fingerprint density at radius 3 is 2.17 bits per heavy atom. The lowest BCUT2D eigenvalue weighted by atomic mass is 9.90. The van der Waals surface area contributed by atoms with Crippen LogP contribution in [-0.4, -0.2) is 29.6 Å². The molecule has 4 rings (SSSR count). The van der Waals surface area contributed by atoms with Gasteiger partial charge in [-0.05, 0) is 30.4 Å². The Morgan fingerprint density at radius 2 is 1.50 bits per heavy atom. The van der Waals surface area contributed by atoms with Gasteiger partial charge >= 0.3 is 0 Å². The van der Waals surface area contributed by atoms with Crippen LogP contribution in [0.2, 0.25) is 0 Å². The number of piperazine rings is 1. The summed E-state index contributed by atoms with van der Waals surface area (Å²) in [5.74, 6) is 0. The van der Waals surface area contributed by atoms with Crippen LogP contribution in [0.15, 0.2) is 60.7 Å². The maximum atomic E-state index is 3.94. The molecule has 0 bridgehead atoms. The number of benzene rings is 2. The second-order valence-electron chi connectivity index (χ2n) is 7.60. The monoisotopic (exact) mass is 320 g/mol. The third-order valence-electron chi connectivity index (χ3n) is 5.84. The van der Waals surface area contributed by atoms with E-state index in [2.05, 4.69) is 70.9 Å². The van der Waals surface area contributed by atoms with E-state index < -0.39 is 0 Å². The highest BCUT2D eigenvalue weighted by molar-refractivity contribution is 5.19. The molecular formula is C22H28N2. The summed E-state index contributed by atoms with van der Waals surface area (Å²) in [6.45, 7) is 3.38. The molecule has 1 saturated carbocycles.